The summed E-state index contributed by atoms with van der Waals surface area (Å²) in [6.07, 6.45) is 0. The number of thioether (sulfide) groups is 1. The summed E-state index contributed by atoms with van der Waals surface area (Å²) in [5.74, 6) is 0.537. The fraction of sp³-hybridized carbons (Fsp3) is 0.0714. The van der Waals surface area contributed by atoms with E-state index in [1.807, 2.05) is 54.6 Å². The summed E-state index contributed by atoms with van der Waals surface area (Å²) in [5, 5.41) is 21.3. The van der Waals surface area contributed by atoms with Crippen molar-refractivity contribution in [3.8, 4) is 0 Å². The first-order chi connectivity index (χ1) is 9.88. The fourth-order valence-electron chi connectivity index (χ4n) is 1.89. The lowest BCUT2D eigenvalue weighted by molar-refractivity contribution is 0.321. The summed E-state index contributed by atoms with van der Waals surface area (Å²) in [6.45, 7) is 0. The first-order valence-electron chi connectivity index (χ1n) is 6.07. The van der Waals surface area contributed by atoms with Crippen LogP contribution in [0.25, 0.3) is 11.0 Å². The fourth-order valence-corrected chi connectivity index (χ4v) is 2.68. The van der Waals surface area contributed by atoms with Gasteiger partial charge in [-0.15, -0.1) is 5.10 Å². The van der Waals surface area contributed by atoms with E-state index in [2.05, 4.69) is 15.5 Å². The summed E-state index contributed by atoms with van der Waals surface area (Å²) in [4.78, 5) is 0. The number of fused-ring (bicyclic) bond motifs is 1. The van der Waals surface area contributed by atoms with Gasteiger partial charge in [-0.3, -0.25) is 0 Å². The van der Waals surface area contributed by atoms with Crippen LogP contribution in [0.5, 0.6) is 0 Å². The third-order valence-corrected chi connectivity index (χ3v) is 3.82. The van der Waals surface area contributed by atoms with Crippen LogP contribution in [0.3, 0.4) is 0 Å². The highest BCUT2D eigenvalue weighted by Gasteiger charge is 2.08. The predicted octanol–water partition coefficient (Wildman–Crippen LogP) is 2.96. The van der Waals surface area contributed by atoms with Crippen LogP contribution in [0.2, 0.25) is 0 Å². The quantitative estimate of drug-likeness (QED) is 0.347. The number of rotatable bonds is 3. The molecule has 0 aliphatic rings. The van der Waals surface area contributed by atoms with Gasteiger partial charge in [-0.05, 0) is 12.1 Å². The van der Waals surface area contributed by atoms with Gasteiger partial charge < -0.3 is 5.21 Å². The van der Waals surface area contributed by atoms with Gasteiger partial charge in [0.2, 0.25) is 0 Å². The number of hydrogen-bond acceptors (Lipinski definition) is 5. The van der Waals surface area contributed by atoms with Crippen molar-refractivity contribution in [3.05, 3.63) is 60.2 Å². The van der Waals surface area contributed by atoms with Crippen molar-refractivity contribution in [3.63, 3.8) is 0 Å². The molecule has 0 aliphatic carbocycles. The lowest BCUT2D eigenvalue weighted by Crippen LogP contribution is -2.02. The first kappa shape index (κ1) is 12.7. The highest BCUT2D eigenvalue weighted by Crippen LogP contribution is 2.18. The maximum Gasteiger partial charge on any atom is 0.144 e. The molecule has 0 saturated heterocycles. The van der Waals surface area contributed by atoms with Crippen LogP contribution in [0.4, 0.5) is 0 Å². The van der Waals surface area contributed by atoms with Gasteiger partial charge in [-0.25, -0.2) is 4.68 Å². The molecule has 2 aromatic carbocycles. The molecule has 5 nitrogen and oxygen atoms in total. The molecule has 0 radical (unpaired) electrons. The molecular formula is C14H12N4OS. The van der Waals surface area contributed by atoms with Crippen LogP contribution in [0.1, 0.15) is 5.56 Å². The molecule has 0 bridgehead atoms. The van der Waals surface area contributed by atoms with Crippen LogP contribution in [-0.2, 0) is 5.88 Å². The molecule has 1 N–H and O–H groups in total. The van der Waals surface area contributed by atoms with E-state index in [0.29, 0.717) is 10.9 Å². The van der Waals surface area contributed by atoms with Crippen LogP contribution in [-0.4, -0.2) is 25.2 Å². The summed E-state index contributed by atoms with van der Waals surface area (Å²) in [5.41, 5.74) is 2.70. The summed E-state index contributed by atoms with van der Waals surface area (Å²) in [6, 6.07) is 17.3. The average Bonchev–Trinajstić information content (AvgIpc) is 2.92. The van der Waals surface area contributed by atoms with Crippen LogP contribution < -0.4 is 0 Å². The molecule has 1 heterocycles. The van der Waals surface area contributed by atoms with E-state index in [4.69, 9.17) is 5.21 Å². The third-order valence-electron chi connectivity index (χ3n) is 2.86. The minimum absolute atomic E-state index is 0.537. The van der Waals surface area contributed by atoms with Crippen LogP contribution >= 0.6 is 11.8 Å². The molecule has 20 heavy (non-hydrogen) atoms. The maximum absolute atomic E-state index is 9.14. The zero-order valence-electron chi connectivity index (χ0n) is 10.5. The van der Waals surface area contributed by atoms with E-state index >= 15 is 0 Å². The Kier molecular flexibility index (Phi) is 3.64. The summed E-state index contributed by atoms with van der Waals surface area (Å²) >= 11 is 1.41. The zero-order chi connectivity index (χ0) is 13.8. The van der Waals surface area contributed by atoms with Crippen molar-refractivity contribution in [2.45, 2.75) is 5.88 Å². The lowest BCUT2D eigenvalue weighted by atomic mass is 10.2. The van der Waals surface area contributed by atoms with Crippen molar-refractivity contribution in [1.29, 1.82) is 0 Å². The van der Waals surface area contributed by atoms with E-state index in [1.54, 1.807) is 4.68 Å². The molecule has 1 aromatic heterocycles. The number of benzene rings is 2. The molecule has 0 atom stereocenters. The molecule has 0 amide bonds. The standard InChI is InChI=1S/C14H12N4OS/c19-16-14(11-6-2-1-3-7-11)20-10-18-13-9-5-4-8-12(13)15-17-18/h1-9,19H,10H2/b16-14+. The van der Waals surface area contributed by atoms with Gasteiger partial charge in [0, 0.05) is 5.56 Å². The second-order valence-corrected chi connectivity index (χ2v) is 5.06. The number of para-hydroxylation sites is 1. The number of aromatic nitrogens is 3. The molecule has 3 aromatic rings. The van der Waals surface area contributed by atoms with Gasteiger partial charge in [0.25, 0.3) is 0 Å². The molecule has 100 valence electrons. The largest absolute Gasteiger partial charge is 0.410 e. The highest BCUT2D eigenvalue weighted by molar-refractivity contribution is 8.13. The molecule has 0 aliphatic heterocycles. The normalized spacial score (nSPS) is 11.9. The predicted molar refractivity (Wildman–Crippen MR) is 79.9 cm³/mol. The molecule has 0 saturated carbocycles. The number of nitrogens with zero attached hydrogens (tertiary/aromatic N) is 4. The van der Waals surface area contributed by atoms with Crippen molar-refractivity contribution < 1.29 is 5.21 Å². The van der Waals surface area contributed by atoms with Crippen molar-refractivity contribution in [2.75, 3.05) is 0 Å². The molecule has 0 fully saturated rings. The molecule has 0 unspecified atom stereocenters. The van der Waals surface area contributed by atoms with Gasteiger partial charge in [0.1, 0.15) is 10.6 Å². The summed E-state index contributed by atoms with van der Waals surface area (Å²) in [7, 11) is 0. The van der Waals surface area contributed by atoms with Gasteiger partial charge in [-0.1, -0.05) is 64.6 Å². The molecule has 6 heteroatoms. The smallest absolute Gasteiger partial charge is 0.144 e. The Balaban J connectivity index is 1.79. The monoisotopic (exact) mass is 284 g/mol. The minimum atomic E-state index is 0.537. The number of hydrogen-bond donors (Lipinski definition) is 1. The third kappa shape index (κ3) is 2.50. The Morgan fingerprint density at radius 3 is 2.65 bits per heavy atom. The minimum Gasteiger partial charge on any atom is -0.410 e. The second-order valence-electron chi connectivity index (χ2n) is 4.12. The molecule has 3 rings (SSSR count). The van der Waals surface area contributed by atoms with Crippen molar-refractivity contribution in [2.24, 2.45) is 5.16 Å². The van der Waals surface area contributed by atoms with Gasteiger partial charge >= 0.3 is 0 Å². The Morgan fingerprint density at radius 2 is 1.85 bits per heavy atom. The first-order valence-corrected chi connectivity index (χ1v) is 7.05. The van der Waals surface area contributed by atoms with Gasteiger partial charge in [-0.2, -0.15) is 0 Å². The zero-order valence-corrected chi connectivity index (χ0v) is 11.4. The van der Waals surface area contributed by atoms with Gasteiger partial charge in [0.05, 0.1) is 11.4 Å². The Labute approximate surface area is 119 Å². The highest BCUT2D eigenvalue weighted by atomic mass is 32.2. The van der Waals surface area contributed by atoms with E-state index in [-0.39, 0.29) is 0 Å². The van der Waals surface area contributed by atoms with Crippen molar-refractivity contribution in [1.82, 2.24) is 15.0 Å². The van der Waals surface area contributed by atoms with E-state index in [0.717, 1.165) is 16.6 Å². The topological polar surface area (TPSA) is 63.3 Å². The lowest BCUT2D eigenvalue weighted by Gasteiger charge is -2.04. The van der Waals surface area contributed by atoms with E-state index in [1.165, 1.54) is 11.8 Å². The Bertz CT molecular complexity index is 739. The maximum atomic E-state index is 9.14. The van der Waals surface area contributed by atoms with E-state index in [9.17, 15) is 0 Å². The number of oxime groups is 1. The van der Waals surface area contributed by atoms with Crippen molar-refractivity contribution >= 4 is 27.8 Å². The van der Waals surface area contributed by atoms with Crippen LogP contribution in [0, 0.1) is 0 Å². The SMILES string of the molecule is O/N=C(/SCn1nnc2ccccc21)c1ccccc1. The van der Waals surface area contributed by atoms with Gasteiger partial charge in [0.15, 0.2) is 0 Å². The Morgan fingerprint density at radius 1 is 1.10 bits per heavy atom. The average molecular weight is 284 g/mol. The Hall–Kier alpha value is -2.34. The second kappa shape index (κ2) is 5.75. The summed E-state index contributed by atoms with van der Waals surface area (Å²) < 4.78 is 1.79. The molecular weight excluding hydrogens is 272 g/mol. The van der Waals surface area contributed by atoms with Crippen LogP contribution in [0.15, 0.2) is 59.8 Å². The molecule has 0 spiro atoms. The van der Waals surface area contributed by atoms with E-state index < -0.39 is 0 Å².